The van der Waals surface area contributed by atoms with Crippen LogP contribution < -0.4 is 0 Å². The van der Waals surface area contributed by atoms with Crippen LogP contribution >= 0.6 is 15.9 Å². The molecule has 0 saturated carbocycles. The van der Waals surface area contributed by atoms with Crippen molar-refractivity contribution in [1.29, 1.82) is 0 Å². The molecular weight excluding hydrogens is 273 g/mol. The Morgan fingerprint density at radius 1 is 1.56 bits per heavy atom. The molecule has 0 bridgehead atoms. The predicted molar refractivity (Wildman–Crippen MR) is 64.8 cm³/mol. The summed E-state index contributed by atoms with van der Waals surface area (Å²) in [4.78, 5) is 2.33. The second kappa shape index (κ2) is 5.25. The van der Waals surface area contributed by atoms with E-state index in [0.29, 0.717) is 10.6 Å². The van der Waals surface area contributed by atoms with Crippen molar-refractivity contribution in [3.05, 3.63) is 34.1 Å². The average molecular weight is 288 g/mol. The number of ether oxygens (including phenoxy) is 1. The van der Waals surface area contributed by atoms with Gasteiger partial charge in [-0.2, -0.15) is 0 Å². The fourth-order valence-corrected chi connectivity index (χ4v) is 2.46. The van der Waals surface area contributed by atoms with Crippen molar-refractivity contribution < 1.29 is 9.13 Å². The predicted octanol–water partition coefficient (Wildman–Crippen LogP) is 2.81. The molecule has 0 unspecified atom stereocenters. The van der Waals surface area contributed by atoms with Crippen LogP contribution in [0.5, 0.6) is 0 Å². The molecule has 0 radical (unpaired) electrons. The lowest BCUT2D eigenvalue weighted by Gasteiger charge is -2.15. The Kier molecular flexibility index (Phi) is 3.95. The van der Waals surface area contributed by atoms with Crippen LogP contribution in [-0.4, -0.2) is 31.2 Å². The summed E-state index contributed by atoms with van der Waals surface area (Å²) in [6, 6.07) is 5.18. The number of rotatable bonds is 3. The Balaban J connectivity index is 1.97. The summed E-state index contributed by atoms with van der Waals surface area (Å²) >= 11 is 3.20. The van der Waals surface area contributed by atoms with E-state index in [1.807, 2.05) is 12.1 Å². The first-order chi connectivity index (χ1) is 7.69. The Labute approximate surface area is 104 Å². The normalized spacial score (nSPS) is 21.6. The van der Waals surface area contributed by atoms with E-state index >= 15 is 0 Å². The highest BCUT2D eigenvalue weighted by atomic mass is 79.9. The lowest BCUT2D eigenvalue weighted by atomic mass is 10.2. The van der Waals surface area contributed by atoms with Gasteiger partial charge < -0.3 is 4.74 Å². The first-order valence-corrected chi connectivity index (χ1v) is 6.17. The third kappa shape index (κ3) is 2.81. The second-order valence-corrected chi connectivity index (χ2v) is 4.98. The summed E-state index contributed by atoms with van der Waals surface area (Å²) in [7, 11) is 1.75. The maximum atomic E-state index is 13.0. The van der Waals surface area contributed by atoms with Crippen molar-refractivity contribution in [3.63, 3.8) is 0 Å². The molecule has 0 amide bonds. The van der Waals surface area contributed by atoms with E-state index in [1.54, 1.807) is 7.11 Å². The van der Waals surface area contributed by atoms with Crippen molar-refractivity contribution >= 4 is 15.9 Å². The van der Waals surface area contributed by atoms with Crippen LogP contribution in [-0.2, 0) is 11.3 Å². The smallest absolute Gasteiger partial charge is 0.137 e. The van der Waals surface area contributed by atoms with Crippen LogP contribution in [0.15, 0.2) is 22.7 Å². The van der Waals surface area contributed by atoms with Gasteiger partial charge in [-0.15, -0.1) is 0 Å². The summed E-state index contributed by atoms with van der Waals surface area (Å²) in [5.41, 5.74) is 1.13. The fourth-order valence-electron chi connectivity index (χ4n) is 2.03. The Bertz CT molecular complexity index is 372. The topological polar surface area (TPSA) is 12.5 Å². The number of methoxy groups -OCH3 is 1. The molecule has 1 aromatic rings. The zero-order valence-electron chi connectivity index (χ0n) is 9.25. The van der Waals surface area contributed by atoms with Crippen LogP contribution in [0.3, 0.4) is 0 Å². The van der Waals surface area contributed by atoms with E-state index in [-0.39, 0.29) is 5.82 Å². The summed E-state index contributed by atoms with van der Waals surface area (Å²) in [5.74, 6) is -0.208. The molecule has 16 heavy (non-hydrogen) atoms. The Morgan fingerprint density at radius 2 is 2.38 bits per heavy atom. The van der Waals surface area contributed by atoms with E-state index in [2.05, 4.69) is 20.8 Å². The van der Waals surface area contributed by atoms with E-state index in [9.17, 15) is 4.39 Å². The molecule has 88 valence electrons. The van der Waals surface area contributed by atoms with Crippen LogP contribution in [0.4, 0.5) is 4.39 Å². The molecule has 1 aliphatic heterocycles. The number of hydrogen-bond donors (Lipinski definition) is 0. The molecular formula is C12H15BrFNO. The molecule has 1 fully saturated rings. The minimum absolute atomic E-state index is 0.208. The second-order valence-electron chi connectivity index (χ2n) is 4.13. The molecule has 0 N–H and O–H groups in total. The molecule has 2 rings (SSSR count). The van der Waals surface area contributed by atoms with E-state index in [1.165, 1.54) is 6.07 Å². The molecule has 2 nitrogen and oxygen atoms in total. The molecule has 1 saturated heterocycles. The number of halogens is 2. The van der Waals surface area contributed by atoms with E-state index in [4.69, 9.17) is 4.74 Å². The van der Waals surface area contributed by atoms with Crippen LogP contribution in [0, 0.1) is 5.82 Å². The van der Waals surface area contributed by atoms with Gasteiger partial charge in [0.1, 0.15) is 5.82 Å². The standard InChI is InChI=1S/C12H15BrFNO/c1-16-10-4-5-15(8-10)7-9-2-3-12(14)11(13)6-9/h2-3,6,10H,4-5,7-8H2,1H3/t10-/m0/s1. The zero-order chi connectivity index (χ0) is 11.5. The van der Waals surface area contributed by atoms with Gasteiger partial charge in [0.25, 0.3) is 0 Å². The van der Waals surface area contributed by atoms with Gasteiger partial charge in [0.05, 0.1) is 10.6 Å². The Hall–Kier alpha value is -0.450. The quantitative estimate of drug-likeness (QED) is 0.848. The van der Waals surface area contributed by atoms with Crippen molar-refractivity contribution in [2.45, 2.75) is 19.1 Å². The fraction of sp³-hybridized carbons (Fsp3) is 0.500. The first kappa shape index (κ1) is 12.0. The highest BCUT2D eigenvalue weighted by molar-refractivity contribution is 9.10. The van der Waals surface area contributed by atoms with E-state index in [0.717, 1.165) is 31.6 Å². The largest absolute Gasteiger partial charge is 0.380 e. The van der Waals surface area contributed by atoms with Gasteiger partial charge in [-0.3, -0.25) is 4.90 Å². The number of benzene rings is 1. The highest BCUT2D eigenvalue weighted by Crippen LogP contribution is 2.20. The SMILES string of the molecule is CO[C@H]1CCN(Cc2ccc(F)c(Br)c2)C1. The first-order valence-electron chi connectivity index (χ1n) is 5.38. The van der Waals surface area contributed by atoms with Crippen LogP contribution in [0.25, 0.3) is 0 Å². The lowest BCUT2D eigenvalue weighted by Crippen LogP contribution is -2.22. The van der Waals surface area contributed by atoms with Crippen LogP contribution in [0.2, 0.25) is 0 Å². The van der Waals surface area contributed by atoms with Gasteiger partial charge >= 0.3 is 0 Å². The van der Waals surface area contributed by atoms with Gasteiger partial charge in [-0.05, 0) is 40.0 Å². The zero-order valence-corrected chi connectivity index (χ0v) is 10.8. The van der Waals surface area contributed by atoms with Crippen molar-refractivity contribution in [1.82, 2.24) is 4.90 Å². The van der Waals surface area contributed by atoms with Gasteiger partial charge in [-0.1, -0.05) is 6.07 Å². The third-order valence-electron chi connectivity index (χ3n) is 2.95. The maximum Gasteiger partial charge on any atom is 0.137 e. The minimum Gasteiger partial charge on any atom is -0.380 e. The molecule has 0 aliphatic carbocycles. The number of hydrogen-bond acceptors (Lipinski definition) is 2. The molecule has 1 aromatic carbocycles. The Morgan fingerprint density at radius 3 is 3.00 bits per heavy atom. The average Bonchev–Trinajstić information content (AvgIpc) is 2.71. The van der Waals surface area contributed by atoms with E-state index < -0.39 is 0 Å². The summed E-state index contributed by atoms with van der Waals surface area (Å²) < 4.78 is 18.9. The summed E-state index contributed by atoms with van der Waals surface area (Å²) in [5, 5.41) is 0. The van der Waals surface area contributed by atoms with Gasteiger partial charge in [0.15, 0.2) is 0 Å². The van der Waals surface area contributed by atoms with Crippen molar-refractivity contribution in [3.8, 4) is 0 Å². The highest BCUT2D eigenvalue weighted by Gasteiger charge is 2.21. The molecule has 1 atom stereocenters. The number of likely N-dealkylation sites (tertiary alicyclic amines) is 1. The molecule has 1 aliphatic rings. The molecule has 4 heteroatoms. The third-order valence-corrected chi connectivity index (χ3v) is 3.56. The van der Waals surface area contributed by atoms with Crippen molar-refractivity contribution in [2.75, 3.05) is 20.2 Å². The monoisotopic (exact) mass is 287 g/mol. The van der Waals surface area contributed by atoms with Gasteiger partial charge in [0, 0.05) is 26.7 Å². The van der Waals surface area contributed by atoms with Gasteiger partial charge in [-0.25, -0.2) is 4.39 Å². The van der Waals surface area contributed by atoms with Crippen LogP contribution in [0.1, 0.15) is 12.0 Å². The molecule has 1 heterocycles. The molecule has 0 spiro atoms. The molecule has 0 aromatic heterocycles. The van der Waals surface area contributed by atoms with Gasteiger partial charge in [0.2, 0.25) is 0 Å². The minimum atomic E-state index is -0.208. The summed E-state index contributed by atoms with van der Waals surface area (Å²) in [6.07, 6.45) is 1.43. The lowest BCUT2D eigenvalue weighted by molar-refractivity contribution is 0.107. The summed E-state index contributed by atoms with van der Waals surface area (Å²) in [6.45, 7) is 2.87. The van der Waals surface area contributed by atoms with Crippen molar-refractivity contribution in [2.24, 2.45) is 0 Å². The maximum absolute atomic E-state index is 13.0. The number of nitrogens with zero attached hydrogens (tertiary/aromatic N) is 1.